The molecule has 86 valence electrons. The van der Waals surface area contributed by atoms with E-state index < -0.39 is 12.7 Å². The minimum absolute atomic E-state index is 0.0776. The third-order valence-electron chi connectivity index (χ3n) is 2.06. The molecule has 0 saturated heterocycles. The van der Waals surface area contributed by atoms with Gasteiger partial charge >= 0.3 is 6.18 Å². The van der Waals surface area contributed by atoms with Gasteiger partial charge in [-0.15, -0.1) is 0 Å². The fourth-order valence-electron chi connectivity index (χ4n) is 1.41. The molecular weight excluding hydrogens is 219 g/mol. The van der Waals surface area contributed by atoms with Gasteiger partial charge < -0.3 is 10.3 Å². The van der Waals surface area contributed by atoms with E-state index in [1.165, 1.54) is 0 Å². The summed E-state index contributed by atoms with van der Waals surface area (Å²) in [5.41, 5.74) is 1.58. The standard InChI is InChI=1S/C10H10F3N3/c11-10(12,13)6-14-5-9-15-7-3-1-2-4-8(7)16-9/h1-4,14H,5-6H2,(H,15,16). The molecule has 0 radical (unpaired) electrons. The number of imidazole rings is 1. The van der Waals surface area contributed by atoms with Crippen LogP contribution < -0.4 is 5.32 Å². The monoisotopic (exact) mass is 229 g/mol. The van der Waals surface area contributed by atoms with Gasteiger partial charge in [0.2, 0.25) is 0 Å². The van der Waals surface area contributed by atoms with Crippen molar-refractivity contribution in [2.24, 2.45) is 0 Å². The second-order valence-corrected chi connectivity index (χ2v) is 3.42. The summed E-state index contributed by atoms with van der Waals surface area (Å²) in [5, 5.41) is 2.28. The Morgan fingerprint density at radius 3 is 2.69 bits per heavy atom. The van der Waals surface area contributed by atoms with Crippen LogP contribution in [-0.4, -0.2) is 22.7 Å². The van der Waals surface area contributed by atoms with E-state index in [9.17, 15) is 13.2 Å². The average molecular weight is 229 g/mol. The molecule has 0 bridgehead atoms. The molecule has 2 rings (SSSR count). The molecule has 0 fully saturated rings. The fraction of sp³-hybridized carbons (Fsp3) is 0.300. The quantitative estimate of drug-likeness (QED) is 0.847. The zero-order valence-corrected chi connectivity index (χ0v) is 8.30. The van der Waals surface area contributed by atoms with Crippen molar-refractivity contribution in [1.82, 2.24) is 15.3 Å². The lowest BCUT2D eigenvalue weighted by atomic mass is 10.3. The minimum Gasteiger partial charge on any atom is -0.341 e. The molecular formula is C10H10F3N3. The van der Waals surface area contributed by atoms with Crippen molar-refractivity contribution in [3.05, 3.63) is 30.1 Å². The van der Waals surface area contributed by atoms with E-state index in [4.69, 9.17) is 0 Å². The Balaban J connectivity index is 2.00. The van der Waals surface area contributed by atoms with Crippen molar-refractivity contribution in [2.45, 2.75) is 12.7 Å². The molecule has 0 spiro atoms. The molecule has 0 aliphatic carbocycles. The van der Waals surface area contributed by atoms with Gasteiger partial charge in [-0.05, 0) is 12.1 Å². The van der Waals surface area contributed by atoms with Crippen LogP contribution >= 0.6 is 0 Å². The van der Waals surface area contributed by atoms with Crippen molar-refractivity contribution in [3.8, 4) is 0 Å². The van der Waals surface area contributed by atoms with Gasteiger partial charge in [-0.25, -0.2) is 4.98 Å². The van der Waals surface area contributed by atoms with Crippen LogP contribution in [-0.2, 0) is 6.54 Å². The molecule has 2 aromatic rings. The summed E-state index contributed by atoms with van der Waals surface area (Å²) >= 11 is 0. The first-order chi connectivity index (χ1) is 7.54. The fourth-order valence-corrected chi connectivity index (χ4v) is 1.41. The van der Waals surface area contributed by atoms with E-state index >= 15 is 0 Å². The van der Waals surface area contributed by atoms with Crippen molar-refractivity contribution in [1.29, 1.82) is 0 Å². The van der Waals surface area contributed by atoms with Gasteiger partial charge in [0.1, 0.15) is 5.82 Å². The number of nitrogens with one attached hydrogen (secondary N) is 2. The van der Waals surface area contributed by atoms with E-state index in [-0.39, 0.29) is 6.54 Å². The van der Waals surface area contributed by atoms with Crippen LogP contribution in [0, 0.1) is 0 Å². The number of alkyl halides is 3. The molecule has 0 aliphatic rings. The van der Waals surface area contributed by atoms with Crippen molar-refractivity contribution in [3.63, 3.8) is 0 Å². The molecule has 1 aromatic heterocycles. The molecule has 1 heterocycles. The van der Waals surface area contributed by atoms with Gasteiger partial charge in [0, 0.05) is 0 Å². The van der Waals surface area contributed by atoms with E-state index in [0.717, 1.165) is 11.0 Å². The summed E-state index contributed by atoms with van der Waals surface area (Å²) in [6, 6.07) is 7.30. The summed E-state index contributed by atoms with van der Waals surface area (Å²) in [6.07, 6.45) is -4.19. The second kappa shape index (κ2) is 4.13. The van der Waals surface area contributed by atoms with Crippen molar-refractivity contribution >= 4 is 11.0 Å². The number of rotatable bonds is 3. The molecule has 0 aliphatic heterocycles. The Morgan fingerprint density at radius 1 is 1.25 bits per heavy atom. The Hall–Kier alpha value is -1.56. The number of H-pyrrole nitrogens is 1. The number of hydrogen-bond donors (Lipinski definition) is 2. The Bertz CT molecular complexity index is 442. The highest BCUT2D eigenvalue weighted by Crippen LogP contribution is 2.13. The first-order valence-electron chi connectivity index (χ1n) is 4.76. The molecule has 6 heteroatoms. The second-order valence-electron chi connectivity index (χ2n) is 3.42. The number of nitrogens with zero attached hydrogens (tertiary/aromatic N) is 1. The molecule has 0 atom stereocenters. The molecule has 16 heavy (non-hydrogen) atoms. The molecule has 2 N–H and O–H groups in total. The van der Waals surface area contributed by atoms with E-state index in [2.05, 4.69) is 15.3 Å². The number of para-hydroxylation sites is 2. The Morgan fingerprint density at radius 2 is 2.00 bits per heavy atom. The van der Waals surface area contributed by atoms with Crippen molar-refractivity contribution in [2.75, 3.05) is 6.54 Å². The van der Waals surface area contributed by atoms with Gasteiger partial charge in [-0.3, -0.25) is 0 Å². The highest BCUT2D eigenvalue weighted by Gasteiger charge is 2.26. The average Bonchev–Trinajstić information content (AvgIpc) is 2.57. The van der Waals surface area contributed by atoms with Crippen LogP contribution in [0.5, 0.6) is 0 Å². The van der Waals surface area contributed by atoms with Gasteiger partial charge in [-0.2, -0.15) is 13.2 Å². The zero-order valence-electron chi connectivity index (χ0n) is 8.30. The van der Waals surface area contributed by atoms with E-state index in [1.54, 1.807) is 6.07 Å². The van der Waals surface area contributed by atoms with Gasteiger partial charge in [-0.1, -0.05) is 12.1 Å². The lowest BCUT2D eigenvalue weighted by Crippen LogP contribution is -2.28. The maximum absolute atomic E-state index is 11.9. The van der Waals surface area contributed by atoms with Crippen LogP contribution in [0.2, 0.25) is 0 Å². The number of aromatic amines is 1. The maximum Gasteiger partial charge on any atom is 0.401 e. The normalized spacial score (nSPS) is 12.2. The number of fused-ring (bicyclic) bond motifs is 1. The first kappa shape index (κ1) is 10.9. The third-order valence-corrected chi connectivity index (χ3v) is 2.06. The third kappa shape index (κ3) is 2.73. The molecule has 0 unspecified atom stereocenters. The zero-order chi connectivity index (χ0) is 11.6. The SMILES string of the molecule is FC(F)(F)CNCc1nc2ccccc2[nH]1. The van der Waals surface area contributed by atoms with E-state index in [0.29, 0.717) is 5.82 Å². The maximum atomic E-state index is 11.9. The van der Waals surface area contributed by atoms with Crippen LogP contribution in [0.1, 0.15) is 5.82 Å². The van der Waals surface area contributed by atoms with Crippen LogP contribution in [0.25, 0.3) is 11.0 Å². The molecule has 0 saturated carbocycles. The van der Waals surface area contributed by atoms with Gasteiger partial charge in [0.15, 0.2) is 0 Å². The van der Waals surface area contributed by atoms with Crippen LogP contribution in [0.4, 0.5) is 13.2 Å². The highest BCUT2D eigenvalue weighted by molar-refractivity contribution is 5.74. The van der Waals surface area contributed by atoms with Gasteiger partial charge in [0.05, 0.1) is 24.1 Å². The Labute approximate surface area is 89.7 Å². The summed E-state index contributed by atoms with van der Waals surface area (Å²) in [6.45, 7) is -0.932. The summed E-state index contributed by atoms with van der Waals surface area (Å²) < 4.78 is 35.6. The van der Waals surface area contributed by atoms with Crippen LogP contribution in [0.3, 0.4) is 0 Å². The molecule has 3 nitrogen and oxygen atoms in total. The predicted octanol–water partition coefficient (Wildman–Crippen LogP) is 2.21. The number of benzene rings is 1. The largest absolute Gasteiger partial charge is 0.401 e. The van der Waals surface area contributed by atoms with E-state index in [1.807, 2.05) is 18.2 Å². The number of hydrogen-bond acceptors (Lipinski definition) is 2. The topological polar surface area (TPSA) is 40.7 Å². The highest BCUT2D eigenvalue weighted by atomic mass is 19.4. The lowest BCUT2D eigenvalue weighted by molar-refractivity contribution is -0.125. The smallest absolute Gasteiger partial charge is 0.341 e. The van der Waals surface area contributed by atoms with Gasteiger partial charge in [0.25, 0.3) is 0 Å². The summed E-state index contributed by atoms with van der Waals surface area (Å²) in [5.74, 6) is 0.505. The van der Waals surface area contributed by atoms with Crippen LogP contribution in [0.15, 0.2) is 24.3 Å². The predicted molar refractivity (Wildman–Crippen MR) is 53.9 cm³/mol. The summed E-state index contributed by atoms with van der Waals surface area (Å²) in [4.78, 5) is 7.09. The first-order valence-corrected chi connectivity index (χ1v) is 4.76. The minimum atomic E-state index is -4.19. The number of halogens is 3. The summed E-state index contributed by atoms with van der Waals surface area (Å²) in [7, 11) is 0. The molecule has 1 aromatic carbocycles. The lowest BCUT2D eigenvalue weighted by Gasteiger charge is -2.05. The number of aromatic nitrogens is 2. The molecule has 0 amide bonds. The van der Waals surface area contributed by atoms with Crippen molar-refractivity contribution < 1.29 is 13.2 Å². The Kier molecular flexibility index (Phi) is 2.82.